The minimum Gasteiger partial charge on any atom is -0.343 e. The average molecular weight is 390 g/mol. The van der Waals surface area contributed by atoms with Crippen LogP contribution in [0.25, 0.3) is 0 Å². The number of carbonyl (C=O) groups excluding carboxylic acids is 1. The smallest absolute Gasteiger partial charge is 0.242 e. The molecule has 1 aromatic heterocycles. The second-order valence-corrected chi connectivity index (χ2v) is 6.00. The summed E-state index contributed by atoms with van der Waals surface area (Å²) in [6, 6.07) is 13.4. The summed E-state index contributed by atoms with van der Waals surface area (Å²) in [5.41, 5.74) is 1.17. The van der Waals surface area contributed by atoms with E-state index in [1.54, 1.807) is 12.1 Å². The molecule has 0 fully saturated rings. The standard InChI is InChI=1S/C16H13BrFN5O/c17-12-6-7-13(14(18)8-12)16(11-4-2-1-3-5-11)20-15(24)9-23-10-19-21-22-23/h1-8,10,16H,9H2,(H,20,24)/t16-/m1/s1. The summed E-state index contributed by atoms with van der Waals surface area (Å²) in [6.45, 7) is -0.0471. The molecule has 0 aliphatic rings. The summed E-state index contributed by atoms with van der Waals surface area (Å²) < 4.78 is 16.3. The van der Waals surface area contributed by atoms with E-state index < -0.39 is 11.9 Å². The first-order valence-corrected chi connectivity index (χ1v) is 7.93. The van der Waals surface area contributed by atoms with Gasteiger partial charge >= 0.3 is 0 Å². The second-order valence-electron chi connectivity index (χ2n) is 5.08. The van der Waals surface area contributed by atoms with Crippen LogP contribution in [0.4, 0.5) is 4.39 Å². The van der Waals surface area contributed by atoms with Gasteiger partial charge in [-0.1, -0.05) is 52.3 Å². The van der Waals surface area contributed by atoms with Crippen molar-refractivity contribution in [1.29, 1.82) is 0 Å². The van der Waals surface area contributed by atoms with Crippen molar-refractivity contribution in [1.82, 2.24) is 25.5 Å². The Morgan fingerprint density at radius 3 is 2.71 bits per heavy atom. The van der Waals surface area contributed by atoms with E-state index in [2.05, 4.69) is 36.8 Å². The van der Waals surface area contributed by atoms with Crippen LogP contribution in [-0.2, 0) is 11.3 Å². The predicted molar refractivity (Wildman–Crippen MR) is 88.3 cm³/mol. The minimum atomic E-state index is -0.608. The maximum absolute atomic E-state index is 14.4. The van der Waals surface area contributed by atoms with Crippen molar-refractivity contribution < 1.29 is 9.18 Å². The van der Waals surface area contributed by atoms with Crippen LogP contribution in [0.1, 0.15) is 17.2 Å². The first kappa shape index (κ1) is 16.3. The lowest BCUT2D eigenvalue weighted by molar-refractivity contribution is -0.122. The molecule has 0 spiro atoms. The van der Waals surface area contributed by atoms with Crippen LogP contribution in [0, 0.1) is 5.82 Å². The molecule has 1 N–H and O–H groups in total. The maximum Gasteiger partial charge on any atom is 0.242 e. The number of nitrogens with one attached hydrogen (secondary N) is 1. The number of halogens is 2. The van der Waals surface area contributed by atoms with E-state index in [1.165, 1.54) is 17.1 Å². The van der Waals surface area contributed by atoms with Gasteiger partial charge in [-0.25, -0.2) is 9.07 Å². The first-order valence-electron chi connectivity index (χ1n) is 7.13. The number of amides is 1. The molecular weight excluding hydrogens is 377 g/mol. The minimum absolute atomic E-state index is 0.0471. The highest BCUT2D eigenvalue weighted by Gasteiger charge is 2.20. The fourth-order valence-corrected chi connectivity index (χ4v) is 2.66. The Labute approximate surface area is 145 Å². The van der Waals surface area contributed by atoms with Crippen LogP contribution >= 0.6 is 15.9 Å². The molecule has 1 atom stereocenters. The van der Waals surface area contributed by atoms with Crippen molar-refractivity contribution >= 4 is 21.8 Å². The molecule has 1 amide bonds. The van der Waals surface area contributed by atoms with Gasteiger partial charge < -0.3 is 5.32 Å². The van der Waals surface area contributed by atoms with Crippen molar-refractivity contribution in [2.75, 3.05) is 0 Å². The van der Waals surface area contributed by atoms with E-state index in [4.69, 9.17) is 0 Å². The number of benzene rings is 2. The van der Waals surface area contributed by atoms with E-state index in [1.807, 2.05) is 30.3 Å². The summed E-state index contributed by atoms with van der Waals surface area (Å²) >= 11 is 3.24. The molecule has 6 nitrogen and oxygen atoms in total. The highest BCUT2D eigenvalue weighted by molar-refractivity contribution is 9.10. The lowest BCUT2D eigenvalue weighted by atomic mass is 9.98. The molecule has 0 aliphatic carbocycles. The SMILES string of the molecule is O=C(Cn1cnnn1)N[C@H](c1ccccc1)c1ccc(Br)cc1F. The monoisotopic (exact) mass is 389 g/mol. The van der Waals surface area contributed by atoms with Gasteiger partial charge in [-0.2, -0.15) is 0 Å². The summed E-state index contributed by atoms with van der Waals surface area (Å²) in [5.74, 6) is -0.723. The van der Waals surface area contributed by atoms with Gasteiger partial charge in [-0.3, -0.25) is 4.79 Å². The van der Waals surface area contributed by atoms with Crippen molar-refractivity contribution in [3.05, 3.63) is 76.3 Å². The number of rotatable bonds is 5. The molecular formula is C16H13BrFN5O. The van der Waals surface area contributed by atoms with Gasteiger partial charge in [0.05, 0.1) is 6.04 Å². The normalized spacial score (nSPS) is 11.9. The Kier molecular flexibility index (Phi) is 4.95. The van der Waals surface area contributed by atoms with Crippen molar-refractivity contribution in [3.8, 4) is 0 Å². The molecule has 8 heteroatoms. The average Bonchev–Trinajstić information content (AvgIpc) is 3.07. The summed E-state index contributed by atoms with van der Waals surface area (Å²) in [7, 11) is 0. The molecule has 1 heterocycles. The van der Waals surface area contributed by atoms with Gasteiger partial charge in [0, 0.05) is 10.0 Å². The fourth-order valence-electron chi connectivity index (χ4n) is 2.33. The van der Waals surface area contributed by atoms with Crippen molar-refractivity contribution in [3.63, 3.8) is 0 Å². The van der Waals surface area contributed by atoms with Crippen LogP contribution in [0.2, 0.25) is 0 Å². The molecule has 0 radical (unpaired) electrons. The molecule has 3 aromatic rings. The summed E-state index contributed by atoms with van der Waals surface area (Å²) in [6.07, 6.45) is 1.34. The molecule has 0 saturated heterocycles. The molecule has 2 aromatic carbocycles. The van der Waals surface area contributed by atoms with E-state index in [0.29, 0.717) is 10.0 Å². The number of carbonyl (C=O) groups is 1. The lowest BCUT2D eigenvalue weighted by Crippen LogP contribution is -2.32. The van der Waals surface area contributed by atoms with Gasteiger partial charge in [0.25, 0.3) is 0 Å². The summed E-state index contributed by atoms with van der Waals surface area (Å²) in [5, 5.41) is 13.5. The molecule has 0 bridgehead atoms. The quantitative estimate of drug-likeness (QED) is 0.727. The fraction of sp³-hybridized carbons (Fsp3) is 0.125. The predicted octanol–water partition coefficient (Wildman–Crippen LogP) is 2.48. The van der Waals surface area contributed by atoms with Gasteiger partial charge in [0.15, 0.2) is 0 Å². The first-order chi connectivity index (χ1) is 11.6. The van der Waals surface area contributed by atoms with Crippen LogP contribution in [-0.4, -0.2) is 26.1 Å². The third-order valence-electron chi connectivity index (χ3n) is 3.41. The van der Waals surface area contributed by atoms with Crippen molar-refractivity contribution in [2.24, 2.45) is 0 Å². The van der Waals surface area contributed by atoms with E-state index in [-0.39, 0.29) is 12.5 Å². The Morgan fingerprint density at radius 2 is 2.04 bits per heavy atom. The van der Waals surface area contributed by atoms with E-state index >= 15 is 0 Å². The second kappa shape index (κ2) is 7.31. The highest BCUT2D eigenvalue weighted by Crippen LogP contribution is 2.26. The largest absolute Gasteiger partial charge is 0.343 e. The third-order valence-corrected chi connectivity index (χ3v) is 3.90. The topological polar surface area (TPSA) is 72.7 Å². The summed E-state index contributed by atoms with van der Waals surface area (Å²) in [4.78, 5) is 12.3. The van der Waals surface area contributed by atoms with Gasteiger partial charge in [0.1, 0.15) is 18.7 Å². The number of tetrazole rings is 1. The Morgan fingerprint density at radius 1 is 1.25 bits per heavy atom. The van der Waals surface area contributed by atoms with Gasteiger partial charge in [0.2, 0.25) is 5.91 Å². The molecule has 0 aliphatic heterocycles. The van der Waals surface area contributed by atoms with Gasteiger partial charge in [-0.15, -0.1) is 5.10 Å². The van der Waals surface area contributed by atoms with Crippen LogP contribution in [0.15, 0.2) is 59.3 Å². The molecule has 24 heavy (non-hydrogen) atoms. The lowest BCUT2D eigenvalue weighted by Gasteiger charge is -2.20. The molecule has 3 rings (SSSR count). The zero-order valence-corrected chi connectivity index (χ0v) is 14.0. The molecule has 122 valence electrons. The van der Waals surface area contributed by atoms with Crippen LogP contribution in [0.3, 0.4) is 0 Å². The third kappa shape index (κ3) is 3.83. The highest BCUT2D eigenvalue weighted by atomic mass is 79.9. The van der Waals surface area contributed by atoms with Gasteiger partial charge in [-0.05, 0) is 28.1 Å². The molecule has 0 saturated carbocycles. The number of nitrogens with zero attached hydrogens (tertiary/aromatic N) is 4. The van der Waals surface area contributed by atoms with Crippen LogP contribution < -0.4 is 5.32 Å². The zero-order valence-electron chi connectivity index (χ0n) is 12.4. The van der Waals surface area contributed by atoms with Crippen LogP contribution in [0.5, 0.6) is 0 Å². The maximum atomic E-state index is 14.4. The Hall–Kier alpha value is -2.61. The van der Waals surface area contributed by atoms with Crippen molar-refractivity contribution in [2.45, 2.75) is 12.6 Å². The zero-order chi connectivity index (χ0) is 16.9. The van der Waals surface area contributed by atoms with E-state index in [0.717, 1.165) is 5.56 Å². The number of aromatic nitrogens is 4. The van der Waals surface area contributed by atoms with E-state index in [9.17, 15) is 9.18 Å². The molecule has 0 unspecified atom stereocenters. The Balaban J connectivity index is 1.89. The Bertz CT molecular complexity index is 826. The number of hydrogen-bond acceptors (Lipinski definition) is 4. The number of hydrogen-bond donors (Lipinski definition) is 1.